The van der Waals surface area contributed by atoms with E-state index in [0.717, 1.165) is 24.0 Å². The lowest BCUT2D eigenvalue weighted by Gasteiger charge is -2.21. The fourth-order valence-corrected chi connectivity index (χ4v) is 2.78. The number of halogens is 1. The summed E-state index contributed by atoms with van der Waals surface area (Å²) in [4.78, 5) is 0. The summed E-state index contributed by atoms with van der Waals surface area (Å²) in [7, 11) is 0. The van der Waals surface area contributed by atoms with Crippen LogP contribution in [0.1, 0.15) is 25.0 Å². The topological polar surface area (TPSA) is 21.3 Å². The number of rotatable bonds is 5. The Morgan fingerprint density at radius 3 is 2.94 bits per heavy atom. The Labute approximate surface area is 118 Å². The first-order valence-electron chi connectivity index (χ1n) is 6.65. The molecule has 0 aromatic heterocycles. The first-order chi connectivity index (χ1) is 8.60. The van der Waals surface area contributed by atoms with Gasteiger partial charge in [0.25, 0.3) is 0 Å². The molecular formula is C15H22BrNO. The Hall–Kier alpha value is -0.540. The van der Waals surface area contributed by atoms with Gasteiger partial charge >= 0.3 is 0 Å². The van der Waals surface area contributed by atoms with E-state index in [1.165, 1.54) is 11.1 Å². The lowest BCUT2D eigenvalue weighted by molar-refractivity contribution is 0.217. The summed E-state index contributed by atoms with van der Waals surface area (Å²) < 4.78 is 5.95. The van der Waals surface area contributed by atoms with Crippen molar-refractivity contribution in [3.8, 4) is 5.75 Å². The predicted octanol–water partition coefficient (Wildman–Crippen LogP) is 3.31. The minimum Gasteiger partial charge on any atom is -0.488 e. The van der Waals surface area contributed by atoms with Crippen LogP contribution < -0.4 is 10.1 Å². The summed E-state index contributed by atoms with van der Waals surface area (Å²) in [6.07, 6.45) is 1.31. The van der Waals surface area contributed by atoms with Crippen molar-refractivity contribution in [2.75, 3.05) is 11.9 Å². The first kappa shape index (κ1) is 13.9. The van der Waals surface area contributed by atoms with Crippen LogP contribution in [0.5, 0.6) is 5.75 Å². The zero-order chi connectivity index (χ0) is 13.1. The molecule has 1 heterocycles. The van der Waals surface area contributed by atoms with Gasteiger partial charge in [0.05, 0.1) is 0 Å². The number of nitrogens with one attached hydrogen (secondary N) is 1. The average molecular weight is 312 g/mol. The molecule has 3 atom stereocenters. The molecule has 0 fully saturated rings. The molecule has 0 amide bonds. The standard InChI is InChI=1S/C15H22BrNO/c1-10-4-5-15-13(6-10)7-14(18-15)9-17-12(3)11(2)8-16/h4-6,11-12,14,17H,7-9H2,1-3H3. The second-order valence-corrected chi connectivity index (χ2v) is 6.03. The Kier molecular flexibility index (Phi) is 4.68. The van der Waals surface area contributed by atoms with E-state index in [0.29, 0.717) is 12.0 Å². The fourth-order valence-electron chi connectivity index (χ4n) is 2.22. The van der Waals surface area contributed by atoms with Crippen molar-refractivity contribution in [3.05, 3.63) is 29.3 Å². The van der Waals surface area contributed by atoms with Crippen molar-refractivity contribution in [2.45, 2.75) is 39.3 Å². The van der Waals surface area contributed by atoms with Crippen LogP contribution in [0.4, 0.5) is 0 Å². The zero-order valence-corrected chi connectivity index (χ0v) is 13.0. The van der Waals surface area contributed by atoms with Crippen molar-refractivity contribution in [2.24, 2.45) is 5.92 Å². The van der Waals surface area contributed by atoms with E-state index in [2.05, 4.69) is 60.2 Å². The number of aryl methyl sites for hydroxylation is 1. The van der Waals surface area contributed by atoms with Crippen LogP contribution >= 0.6 is 15.9 Å². The van der Waals surface area contributed by atoms with E-state index in [9.17, 15) is 0 Å². The van der Waals surface area contributed by atoms with Gasteiger partial charge in [-0.2, -0.15) is 0 Å². The maximum absolute atomic E-state index is 5.95. The monoisotopic (exact) mass is 311 g/mol. The van der Waals surface area contributed by atoms with Crippen LogP contribution in [0.25, 0.3) is 0 Å². The highest BCUT2D eigenvalue weighted by atomic mass is 79.9. The van der Waals surface area contributed by atoms with Gasteiger partial charge in [0.2, 0.25) is 0 Å². The number of benzene rings is 1. The normalized spacial score (nSPS) is 21.2. The highest BCUT2D eigenvalue weighted by Gasteiger charge is 2.23. The molecule has 2 nitrogen and oxygen atoms in total. The van der Waals surface area contributed by atoms with Crippen molar-refractivity contribution in [3.63, 3.8) is 0 Å². The summed E-state index contributed by atoms with van der Waals surface area (Å²) in [6, 6.07) is 6.96. The molecular weight excluding hydrogens is 290 g/mol. The number of hydrogen-bond acceptors (Lipinski definition) is 2. The van der Waals surface area contributed by atoms with Crippen molar-refractivity contribution in [1.82, 2.24) is 5.32 Å². The fraction of sp³-hybridized carbons (Fsp3) is 0.600. The molecule has 0 saturated carbocycles. The molecule has 2 rings (SSSR count). The minimum atomic E-state index is 0.284. The first-order valence-corrected chi connectivity index (χ1v) is 7.78. The van der Waals surface area contributed by atoms with E-state index < -0.39 is 0 Å². The molecule has 18 heavy (non-hydrogen) atoms. The van der Waals surface area contributed by atoms with E-state index >= 15 is 0 Å². The third-order valence-corrected chi connectivity index (χ3v) is 4.74. The van der Waals surface area contributed by atoms with E-state index in [4.69, 9.17) is 4.74 Å². The minimum absolute atomic E-state index is 0.284. The van der Waals surface area contributed by atoms with Gasteiger partial charge < -0.3 is 10.1 Å². The molecule has 100 valence electrons. The van der Waals surface area contributed by atoms with Gasteiger partial charge in [0.1, 0.15) is 11.9 Å². The quantitative estimate of drug-likeness (QED) is 0.842. The van der Waals surface area contributed by atoms with Gasteiger partial charge in [-0.25, -0.2) is 0 Å². The highest BCUT2D eigenvalue weighted by Crippen LogP contribution is 2.29. The predicted molar refractivity (Wildman–Crippen MR) is 79.7 cm³/mol. The molecule has 1 N–H and O–H groups in total. The van der Waals surface area contributed by atoms with Crippen molar-refractivity contribution in [1.29, 1.82) is 0 Å². The van der Waals surface area contributed by atoms with Crippen LogP contribution in [-0.2, 0) is 6.42 Å². The summed E-state index contributed by atoms with van der Waals surface area (Å²) in [6.45, 7) is 7.54. The maximum Gasteiger partial charge on any atom is 0.123 e. The Morgan fingerprint density at radius 1 is 1.44 bits per heavy atom. The number of hydrogen-bond donors (Lipinski definition) is 1. The second kappa shape index (κ2) is 6.07. The van der Waals surface area contributed by atoms with Crippen LogP contribution in [-0.4, -0.2) is 24.0 Å². The van der Waals surface area contributed by atoms with Crippen LogP contribution in [0.3, 0.4) is 0 Å². The van der Waals surface area contributed by atoms with Gasteiger partial charge in [-0.1, -0.05) is 40.5 Å². The summed E-state index contributed by atoms with van der Waals surface area (Å²) in [5, 5.41) is 4.60. The molecule has 1 aromatic rings. The van der Waals surface area contributed by atoms with Gasteiger partial charge in [0.15, 0.2) is 0 Å². The second-order valence-electron chi connectivity index (χ2n) is 5.38. The summed E-state index contributed by atoms with van der Waals surface area (Å²) in [5.41, 5.74) is 2.66. The SMILES string of the molecule is Cc1ccc2c(c1)CC(CNC(C)C(C)CBr)O2. The third-order valence-electron chi connectivity index (χ3n) is 3.72. The van der Waals surface area contributed by atoms with Gasteiger partial charge in [-0.05, 0) is 31.4 Å². The van der Waals surface area contributed by atoms with Crippen molar-refractivity contribution < 1.29 is 4.74 Å². The average Bonchev–Trinajstić information content (AvgIpc) is 2.76. The number of fused-ring (bicyclic) bond motifs is 1. The van der Waals surface area contributed by atoms with Gasteiger partial charge in [-0.3, -0.25) is 0 Å². The molecule has 0 saturated heterocycles. The molecule has 0 radical (unpaired) electrons. The molecule has 0 aliphatic carbocycles. The zero-order valence-electron chi connectivity index (χ0n) is 11.4. The van der Waals surface area contributed by atoms with E-state index in [1.807, 2.05) is 0 Å². The van der Waals surface area contributed by atoms with Crippen molar-refractivity contribution >= 4 is 15.9 Å². The van der Waals surface area contributed by atoms with E-state index in [1.54, 1.807) is 0 Å². The van der Waals surface area contributed by atoms with Crippen LogP contribution in [0, 0.1) is 12.8 Å². The molecule has 3 unspecified atom stereocenters. The molecule has 1 aromatic carbocycles. The summed E-state index contributed by atoms with van der Waals surface area (Å²) >= 11 is 3.53. The Morgan fingerprint density at radius 2 is 2.22 bits per heavy atom. The van der Waals surface area contributed by atoms with Gasteiger partial charge in [0, 0.05) is 24.3 Å². The molecule has 0 spiro atoms. The highest BCUT2D eigenvalue weighted by molar-refractivity contribution is 9.09. The largest absolute Gasteiger partial charge is 0.488 e. The Balaban J connectivity index is 1.85. The molecule has 0 bridgehead atoms. The number of ether oxygens (including phenoxy) is 1. The smallest absolute Gasteiger partial charge is 0.123 e. The van der Waals surface area contributed by atoms with Crippen LogP contribution in [0.2, 0.25) is 0 Å². The lowest BCUT2D eigenvalue weighted by Crippen LogP contribution is -2.39. The van der Waals surface area contributed by atoms with Crippen LogP contribution in [0.15, 0.2) is 18.2 Å². The van der Waals surface area contributed by atoms with Gasteiger partial charge in [-0.15, -0.1) is 0 Å². The molecule has 1 aliphatic rings. The summed E-state index contributed by atoms with van der Waals surface area (Å²) in [5.74, 6) is 1.70. The maximum atomic E-state index is 5.95. The molecule has 3 heteroatoms. The molecule has 1 aliphatic heterocycles. The third kappa shape index (κ3) is 3.27. The Bertz CT molecular complexity index is 407. The van der Waals surface area contributed by atoms with E-state index in [-0.39, 0.29) is 6.10 Å². The number of alkyl halides is 1. The lowest BCUT2D eigenvalue weighted by atomic mass is 10.0.